The van der Waals surface area contributed by atoms with E-state index in [1.54, 1.807) is 0 Å². The van der Waals surface area contributed by atoms with E-state index in [0.29, 0.717) is 25.1 Å². The van der Waals surface area contributed by atoms with E-state index in [1.165, 1.54) is 0 Å². The number of rotatable bonds is 2. The van der Waals surface area contributed by atoms with Crippen LogP contribution in [0.1, 0.15) is 34.3 Å². The first kappa shape index (κ1) is 18.2. The molecule has 0 spiro atoms. The van der Waals surface area contributed by atoms with Gasteiger partial charge >= 0.3 is 0 Å². The average molecular weight is 392 g/mol. The zero-order chi connectivity index (χ0) is 19.8. The van der Waals surface area contributed by atoms with Gasteiger partial charge in [0.2, 0.25) is 5.91 Å². The summed E-state index contributed by atoms with van der Waals surface area (Å²) in [5.41, 5.74) is 2.22. The highest BCUT2D eigenvalue weighted by Gasteiger charge is 2.49. The number of fused-ring (bicyclic) bond motifs is 2. The minimum Gasteiger partial charge on any atom is -0.493 e. The van der Waals surface area contributed by atoms with Crippen LogP contribution < -0.4 is 10.1 Å². The zero-order valence-electron chi connectivity index (χ0n) is 16.2. The lowest BCUT2D eigenvalue weighted by Crippen LogP contribution is -2.67. The molecule has 1 N–H and O–H groups in total. The van der Waals surface area contributed by atoms with Gasteiger partial charge in [-0.3, -0.25) is 9.59 Å². The van der Waals surface area contributed by atoms with Crippen LogP contribution in [0.4, 0.5) is 0 Å². The Morgan fingerprint density at radius 1 is 1.17 bits per heavy atom. The fourth-order valence-corrected chi connectivity index (χ4v) is 4.72. The van der Waals surface area contributed by atoms with Gasteiger partial charge < -0.3 is 19.7 Å². The first-order valence-corrected chi connectivity index (χ1v) is 10.2. The first-order valence-electron chi connectivity index (χ1n) is 10.2. The SMILES string of the molecule is O=C1CO[C@@H]2CN(C(=O)c3ccc4c(c3)CCCO4)CC[C@@]2(c2ccccc2)N1. The van der Waals surface area contributed by atoms with Crippen molar-refractivity contribution in [1.29, 1.82) is 0 Å². The maximum atomic E-state index is 13.2. The van der Waals surface area contributed by atoms with Gasteiger partial charge in [-0.1, -0.05) is 30.3 Å². The standard InChI is InChI=1S/C23H24N2O4/c26-21-15-29-20-14-25(11-10-23(20,24-21)18-6-2-1-3-7-18)22(27)17-8-9-19-16(13-17)5-4-12-28-19/h1-3,6-9,13,20H,4-5,10-12,14-15H2,(H,24,26)/t20-,23+/m1/s1. The van der Waals surface area contributed by atoms with Crippen LogP contribution in [0.25, 0.3) is 0 Å². The number of piperidine rings is 1. The van der Waals surface area contributed by atoms with Crippen molar-refractivity contribution in [2.45, 2.75) is 30.9 Å². The summed E-state index contributed by atoms with van der Waals surface area (Å²) in [6.07, 6.45) is 2.25. The zero-order valence-corrected chi connectivity index (χ0v) is 16.2. The van der Waals surface area contributed by atoms with Gasteiger partial charge in [0, 0.05) is 18.7 Å². The van der Waals surface area contributed by atoms with Crippen LogP contribution in [-0.4, -0.2) is 49.1 Å². The van der Waals surface area contributed by atoms with Crippen molar-refractivity contribution in [3.8, 4) is 5.75 Å². The topological polar surface area (TPSA) is 67.9 Å². The van der Waals surface area contributed by atoms with Gasteiger partial charge in [0.15, 0.2) is 0 Å². The molecule has 3 aliphatic rings. The van der Waals surface area contributed by atoms with Gasteiger partial charge in [-0.25, -0.2) is 0 Å². The molecule has 0 bridgehead atoms. The summed E-state index contributed by atoms with van der Waals surface area (Å²) in [6.45, 7) is 1.76. The molecule has 2 fully saturated rings. The summed E-state index contributed by atoms with van der Waals surface area (Å²) in [5, 5.41) is 3.17. The van der Waals surface area contributed by atoms with Crippen LogP contribution in [0.5, 0.6) is 5.75 Å². The highest BCUT2D eigenvalue weighted by atomic mass is 16.5. The van der Waals surface area contributed by atoms with Crippen molar-refractivity contribution >= 4 is 11.8 Å². The van der Waals surface area contributed by atoms with E-state index in [1.807, 2.05) is 53.4 Å². The molecular weight excluding hydrogens is 368 g/mol. The van der Waals surface area contributed by atoms with Crippen LogP contribution in [0.2, 0.25) is 0 Å². The van der Waals surface area contributed by atoms with Gasteiger partial charge in [0.1, 0.15) is 18.5 Å². The van der Waals surface area contributed by atoms with Crippen LogP contribution in [0.15, 0.2) is 48.5 Å². The van der Waals surface area contributed by atoms with Crippen LogP contribution in [0, 0.1) is 0 Å². The van der Waals surface area contributed by atoms with E-state index < -0.39 is 5.54 Å². The van der Waals surface area contributed by atoms with E-state index >= 15 is 0 Å². The number of amides is 2. The second-order valence-electron chi connectivity index (χ2n) is 7.96. The highest BCUT2D eigenvalue weighted by Crippen LogP contribution is 2.37. The second kappa shape index (κ2) is 7.19. The molecule has 2 aromatic carbocycles. The molecule has 3 aliphatic heterocycles. The molecule has 2 atom stereocenters. The first-order chi connectivity index (χ1) is 14.2. The molecule has 0 aromatic heterocycles. The lowest BCUT2D eigenvalue weighted by molar-refractivity contribution is -0.150. The van der Waals surface area contributed by atoms with Crippen molar-refractivity contribution in [3.05, 3.63) is 65.2 Å². The number of hydrogen-bond acceptors (Lipinski definition) is 4. The molecule has 2 amide bonds. The largest absolute Gasteiger partial charge is 0.493 e. The van der Waals surface area contributed by atoms with E-state index in [4.69, 9.17) is 9.47 Å². The van der Waals surface area contributed by atoms with Crippen LogP contribution in [-0.2, 0) is 21.5 Å². The van der Waals surface area contributed by atoms with Crippen LogP contribution >= 0.6 is 0 Å². The van der Waals surface area contributed by atoms with Crippen molar-refractivity contribution in [2.24, 2.45) is 0 Å². The third kappa shape index (κ3) is 3.17. The van der Waals surface area contributed by atoms with Gasteiger partial charge in [-0.15, -0.1) is 0 Å². The van der Waals surface area contributed by atoms with E-state index in [2.05, 4.69) is 5.32 Å². The lowest BCUT2D eigenvalue weighted by atomic mass is 9.77. The fourth-order valence-electron chi connectivity index (χ4n) is 4.72. The third-order valence-electron chi connectivity index (χ3n) is 6.22. The predicted molar refractivity (Wildman–Crippen MR) is 107 cm³/mol. The summed E-state index contributed by atoms with van der Waals surface area (Å²) >= 11 is 0. The van der Waals surface area contributed by atoms with E-state index in [-0.39, 0.29) is 24.5 Å². The molecule has 0 aliphatic carbocycles. The Morgan fingerprint density at radius 2 is 2.03 bits per heavy atom. The molecule has 150 valence electrons. The normalized spacial score (nSPS) is 26.0. The molecule has 6 nitrogen and oxygen atoms in total. The average Bonchev–Trinajstić information content (AvgIpc) is 2.78. The van der Waals surface area contributed by atoms with Crippen LogP contribution in [0.3, 0.4) is 0 Å². The molecule has 6 heteroatoms. The molecule has 0 unspecified atom stereocenters. The number of morpholine rings is 1. The number of nitrogens with zero attached hydrogens (tertiary/aromatic N) is 1. The van der Waals surface area contributed by atoms with E-state index in [0.717, 1.165) is 36.3 Å². The second-order valence-corrected chi connectivity index (χ2v) is 7.96. The van der Waals surface area contributed by atoms with Gasteiger partial charge in [0.05, 0.1) is 12.1 Å². The Bertz CT molecular complexity index is 945. The van der Waals surface area contributed by atoms with Crippen molar-refractivity contribution < 1.29 is 19.1 Å². The van der Waals surface area contributed by atoms with Gasteiger partial charge in [-0.2, -0.15) is 0 Å². The lowest BCUT2D eigenvalue weighted by Gasteiger charge is -2.50. The molecule has 2 aromatic rings. The number of benzene rings is 2. The Kier molecular flexibility index (Phi) is 4.51. The highest BCUT2D eigenvalue weighted by molar-refractivity contribution is 5.95. The number of hydrogen-bond donors (Lipinski definition) is 1. The molecule has 2 saturated heterocycles. The number of ether oxygens (including phenoxy) is 2. The monoisotopic (exact) mass is 392 g/mol. The summed E-state index contributed by atoms with van der Waals surface area (Å²) < 4.78 is 11.6. The summed E-state index contributed by atoms with van der Waals surface area (Å²) in [7, 11) is 0. The molecule has 3 heterocycles. The van der Waals surface area contributed by atoms with Gasteiger partial charge in [0.25, 0.3) is 5.91 Å². The Balaban J connectivity index is 1.40. The van der Waals surface area contributed by atoms with Gasteiger partial charge in [-0.05, 0) is 48.6 Å². The minimum absolute atomic E-state index is 0.000496. The maximum absolute atomic E-state index is 13.2. The number of carbonyl (C=O) groups excluding carboxylic acids is 2. The maximum Gasteiger partial charge on any atom is 0.253 e. The number of carbonyl (C=O) groups is 2. The Morgan fingerprint density at radius 3 is 2.90 bits per heavy atom. The van der Waals surface area contributed by atoms with Crippen molar-refractivity contribution in [3.63, 3.8) is 0 Å². The summed E-state index contributed by atoms with van der Waals surface area (Å²) in [5.74, 6) is 0.771. The smallest absolute Gasteiger partial charge is 0.253 e. The predicted octanol–water partition coefficient (Wildman–Crippen LogP) is 2.27. The Hall–Kier alpha value is -2.86. The van der Waals surface area contributed by atoms with Crippen molar-refractivity contribution in [2.75, 3.05) is 26.3 Å². The molecule has 5 rings (SSSR count). The quantitative estimate of drug-likeness (QED) is 0.851. The summed E-state index contributed by atoms with van der Waals surface area (Å²) in [6, 6.07) is 15.6. The Labute approximate surface area is 169 Å². The minimum atomic E-state index is -0.586. The molecular formula is C23H24N2O4. The van der Waals surface area contributed by atoms with E-state index in [9.17, 15) is 9.59 Å². The number of likely N-dealkylation sites (tertiary alicyclic amines) is 1. The third-order valence-corrected chi connectivity index (χ3v) is 6.22. The number of aryl methyl sites for hydroxylation is 1. The van der Waals surface area contributed by atoms with Crippen molar-refractivity contribution in [1.82, 2.24) is 10.2 Å². The molecule has 0 saturated carbocycles. The molecule has 29 heavy (non-hydrogen) atoms. The summed E-state index contributed by atoms with van der Waals surface area (Å²) in [4.78, 5) is 27.2. The number of nitrogens with one attached hydrogen (secondary N) is 1. The molecule has 0 radical (unpaired) electrons. The fraction of sp³-hybridized carbons (Fsp3) is 0.391.